The number of rotatable bonds is 16. The zero-order valence-corrected chi connectivity index (χ0v) is 27.8. The fourth-order valence-corrected chi connectivity index (χ4v) is 5.03. The number of nitrogens with one attached hydrogen (secondary N) is 4. The predicted octanol–water partition coefficient (Wildman–Crippen LogP) is 4.26. The number of anilines is 1. The summed E-state index contributed by atoms with van der Waals surface area (Å²) in [4.78, 5) is 76.3. The van der Waals surface area contributed by atoms with Crippen LogP contribution >= 0.6 is 0 Å². The van der Waals surface area contributed by atoms with Crippen LogP contribution in [0, 0.1) is 18.8 Å². The maximum absolute atomic E-state index is 13.6. The summed E-state index contributed by atoms with van der Waals surface area (Å²) in [6, 6.07) is 11.7. The maximum Gasteiger partial charge on any atom is 0.408 e. The van der Waals surface area contributed by atoms with Gasteiger partial charge in [0.1, 0.15) is 30.3 Å². The lowest BCUT2D eigenvalue weighted by atomic mass is 9.99. The van der Waals surface area contributed by atoms with Crippen LogP contribution in [0.3, 0.4) is 0 Å². The third kappa shape index (κ3) is 11.9. The van der Waals surface area contributed by atoms with Crippen LogP contribution in [0.4, 0.5) is 10.5 Å². The molecule has 0 aliphatic carbocycles. The number of alkyl carbamates (subject to hydrolysis) is 1. The first-order valence-electron chi connectivity index (χ1n) is 15.9. The Morgan fingerprint density at radius 2 is 1.40 bits per heavy atom. The molecule has 1 aromatic heterocycles. The lowest BCUT2D eigenvalue weighted by Gasteiger charge is -2.26. The number of carboxylic acids is 1. The van der Waals surface area contributed by atoms with Crippen LogP contribution in [0.25, 0.3) is 11.0 Å². The largest absolute Gasteiger partial charge is 0.481 e. The van der Waals surface area contributed by atoms with E-state index in [0.717, 1.165) is 5.56 Å². The average molecular weight is 665 g/mol. The van der Waals surface area contributed by atoms with Crippen molar-refractivity contribution in [2.45, 2.75) is 85.0 Å². The molecular formula is C35H44N4O9. The molecule has 5 N–H and O–H groups in total. The SMILES string of the molecule is Cc1cc(=O)oc2cc(NC(=O)[C@H](CCC(=O)O)NC(=O)[C@@H](CC(C)C)NC(=O)[C@H](CC(C)C)NC(=O)OCc3ccccc3)ccc12. The second kappa shape index (κ2) is 17.6. The van der Waals surface area contributed by atoms with E-state index in [-0.39, 0.29) is 49.0 Å². The third-order valence-electron chi connectivity index (χ3n) is 7.37. The summed E-state index contributed by atoms with van der Waals surface area (Å²) in [6.45, 7) is 9.23. The molecule has 0 spiro atoms. The number of hydrogen-bond acceptors (Lipinski definition) is 8. The highest BCUT2D eigenvalue weighted by Crippen LogP contribution is 2.21. The van der Waals surface area contributed by atoms with Crippen molar-refractivity contribution in [3.05, 3.63) is 76.1 Å². The number of carboxylic acid groups (broad SMARTS) is 1. The molecule has 1 heterocycles. The zero-order chi connectivity index (χ0) is 35.4. The van der Waals surface area contributed by atoms with E-state index in [1.54, 1.807) is 31.2 Å². The topological polar surface area (TPSA) is 193 Å². The van der Waals surface area contributed by atoms with E-state index in [1.165, 1.54) is 12.1 Å². The molecule has 4 amide bonds. The Labute approximate surface area is 278 Å². The summed E-state index contributed by atoms with van der Waals surface area (Å²) in [6.07, 6.45) is -0.991. The third-order valence-corrected chi connectivity index (χ3v) is 7.37. The number of carbonyl (C=O) groups is 5. The van der Waals surface area contributed by atoms with Gasteiger partial charge < -0.3 is 35.5 Å². The van der Waals surface area contributed by atoms with E-state index in [9.17, 15) is 33.9 Å². The fourth-order valence-electron chi connectivity index (χ4n) is 5.03. The van der Waals surface area contributed by atoms with Gasteiger partial charge in [0, 0.05) is 29.6 Å². The van der Waals surface area contributed by atoms with Crippen molar-refractivity contribution in [1.29, 1.82) is 0 Å². The first-order chi connectivity index (χ1) is 22.7. The molecule has 13 nitrogen and oxygen atoms in total. The molecular weight excluding hydrogens is 620 g/mol. The second-order valence-electron chi connectivity index (χ2n) is 12.5. The van der Waals surface area contributed by atoms with Crippen molar-refractivity contribution in [3.63, 3.8) is 0 Å². The van der Waals surface area contributed by atoms with Gasteiger partial charge in [0.2, 0.25) is 17.7 Å². The van der Waals surface area contributed by atoms with Crippen molar-refractivity contribution in [1.82, 2.24) is 16.0 Å². The van der Waals surface area contributed by atoms with Crippen LogP contribution in [0.5, 0.6) is 0 Å². The number of aryl methyl sites for hydroxylation is 1. The van der Waals surface area contributed by atoms with Crippen molar-refractivity contribution in [2.75, 3.05) is 5.32 Å². The number of amides is 4. The van der Waals surface area contributed by atoms with Gasteiger partial charge in [0.25, 0.3) is 0 Å². The molecule has 3 aromatic rings. The van der Waals surface area contributed by atoms with Gasteiger partial charge in [0.15, 0.2) is 0 Å². The quantitative estimate of drug-likeness (QED) is 0.139. The molecule has 0 unspecified atom stereocenters. The minimum atomic E-state index is -1.28. The second-order valence-corrected chi connectivity index (χ2v) is 12.5. The highest BCUT2D eigenvalue weighted by atomic mass is 16.5. The highest BCUT2D eigenvalue weighted by Gasteiger charge is 2.31. The molecule has 0 bridgehead atoms. The molecule has 0 fully saturated rings. The molecule has 2 aromatic carbocycles. The molecule has 13 heteroatoms. The van der Waals surface area contributed by atoms with Crippen LogP contribution in [-0.2, 0) is 30.5 Å². The molecule has 0 saturated heterocycles. The standard InChI is InChI=1S/C35H44N4O9/c1-20(2)15-27(38-34(45)28(16-21(3)4)39-35(46)47-19-23-9-7-6-8-10-23)33(44)37-26(13-14-30(40)41)32(43)36-24-11-12-25-22(5)17-31(42)48-29(25)18-24/h6-12,17-18,20-21,26-28H,13-16,19H2,1-5H3,(H,36,43)(H,37,44)(H,38,45)(H,39,46)(H,40,41)/t26-,27+,28-/m0/s1. The van der Waals surface area contributed by atoms with E-state index in [0.29, 0.717) is 10.9 Å². The summed E-state index contributed by atoms with van der Waals surface area (Å²) in [7, 11) is 0. The number of ether oxygens (including phenoxy) is 1. The van der Waals surface area contributed by atoms with E-state index in [4.69, 9.17) is 9.15 Å². The number of hydrogen-bond donors (Lipinski definition) is 5. The summed E-state index contributed by atoms with van der Waals surface area (Å²) >= 11 is 0. The zero-order valence-electron chi connectivity index (χ0n) is 27.8. The Kier molecular flexibility index (Phi) is 13.7. The van der Waals surface area contributed by atoms with E-state index in [2.05, 4.69) is 21.3 Å². The van der Waals surface area contributed by atoms with Crippen molar-refractivity contribution in [2.24, 2.45) is 11.8 Å². The Bertz CT molecular complexity index is 1650. The molecule has 0 radical (unpaired) electrons. The lowest BCUT2D eigenvalue weighted by molar-refractivity contribution is -0.137. The number of fused-ring (bicyclic) bond motifs is 1. The average Bonchev–Trinajstić information content (AvgIpc) is 3.00. The fraction of sp³-hybridized carbons (Fsp3) is 0.429. The monoisotopic (exact) mass is 664 g/mol. The first-order valence-corrected chi connectivity index (χ1v) is 15.9. The smallest absolute Gasteiger partial charge is 0.408 e. The van der Waals surface area contributed by atoms with Gasteiger partial charge in [-0.05, 0) is 61.3 Å². The number of carbonyl (C=O) groups excluding carboxylic acids is 4. The van der Waals surface area contributed by atoms with Gasteiger partial charge in [-0.15, -0.1) is 0 Å². The predicted molar refractivity (Wildman–Crippen MR) is 179 cm³/mol. The molecule has 258 valence electrons. The van der Waals surface area contributed by atoms with Crippen LogP contribution in [0.1, 0.15) is 64.5 Å². The Hall–Kier alpha value is -5.20. The maximum atomic E-state index is 13.6. The minimum absolute atomic E-state index is 0.00342. The summed E-state index contributed by atoms with van der Waals surface area (Å²) in [5.41, 5.74) is 1.43. The molecule has 48 heavy (non-hydrogen) atoms. The lowest BCUT2D eigenvalue weighted by Crippen LogP contribution is -2.56. The van der Waals surface area contributed by atoms with Gasteiger partial charge in [-0.3, -0.25) is 19.2 Å². The van der Waals surface area contributed by atoms with Crippen molar-refractivity contribution >= 4 is 46.4 Å². The van der Waals surface area contributed by atoms with Gasteiger partial charge in [-0.1, -0.05) is 58.0 Å². The molecule has 0 aliphatic heterocycles. The summed E-state index contributed by atoms with van der Waals surface area (Å²) in [5, 5.41) is 20.5. The van der Waals surface area contributed by atoms with Gasteiger partial charge in [-0.25, -0.2) is 9.59 Å². The molecule has 3 atom stereocenters. The van der Waals surface area contributed by atoms with Crippen molar-refractivity contribution in [3.8, 4) is 0 Å². The van der Waals surface area contributed by atoms with Gasteiger partial charge in [-0.2, -0.15) is 0 Å². The van der Waals surface area contributed by atoms with Gasteiger partial charge >= 0.3 is 17.7 Å². The first kappa shape index (κ1) is 37.3. The highest BCUT2D eigenvalue weighted by molar-refractivity contribution is 6.00. The number of benzene rings is 2. The Morgan fingerprint density at radius 1 is 0.792 bits per heavy atom. The van der Waals surface area contributed by atoms with Crippen molar-refractivity contribution < 1.29 is 38.2 Å². The Balaban J connectivity index is 1.74. The molecule has 0 saturated carbocycles. The van der Waals surface area contributed by atoms with Crippen LogP contribution in [0.15, 0.2) is 63.8 Å². The Morgan fingerprint density at radius 3 is 2.00 bits per heavy atom. The van der Waals surface area contributed by atoms with Crippen LogP contribution in [-0.4, -0.2) is 53.0 Å². The summed E-state index contributed by atoms with van der Waals surface area (Å²) in [5.74, 6) is -3.23. The van der Waals surface area contributed by atoms with E-state index >= 15 is 0 Å². The normalized spacial score (nSPS) is 13.0. The minimum Gasteiger partial charge on any atom is -0.481 e. The summed E-state index contributed by atoms with van der Waals surface area (Å²) < 4.78 is 10.5. The van der Waals surface area contributed by atoms with E-state index < -0.39 is 60.0 Å². The molecule has 0 aliphatic rings. The van der Waals surface area contributed by atoms with Crippen LogP contribution in [0.2, 0.25) is 0 Å². The van der Waals surface area contributed by atoms with Gasteiger partial charge in [0.05, 0.1) is 0 Å². The van der Waals surface area contributed by atoms with Crippen LogP contribution < -0.4 is 26.9 Å². The van der Waals surface area contributed by atoms with E-state index in [1.807, 2.05) is 45.9 Å². The molecule has 3 rings (SSSR count). The number of aliphatic carboxylic acids is 1.